The zero-order valence-corrected chi connectivity index (χ0v) is 8.51. The number of hydrogen-bond donors (Lipinski definition) is 2. The molecule has 84 valence electrons. The highest BCUT2D eigenvalue weighted by Crippen LogP contribution is 2.19. The largest absolute Gasteiger partial charge is 0.507 e. The molecule has 5 heteroatoms. The van der Waals surface area contributed by atoms with E-state index in [1.54, 1.807) is 0 Å². The number of aromatic hydroxyl groups is 1. The zero-order chi connectivity index (χ0) is 12.1. The predicted molar refractivity (Wildman–Crippen MR) is 56.1 cm³/mol. The summed E-state index contributed by atoms with van der Waals surface area (Å²) in [5.74, 6) is -2.08. The van der Waals surface area contributed by atoms with Crippen molar-refractivity contribution in [3.05, 3.63) is 35.4 Å². The summed E-state index contributed by atoms with van der Waals surface area (Å²) in [6, 6.07) is 4.00. The lowest BCUT2D eigenvalue weighted by Gasteiger charge is -2.00. The maximum absolute atomic E-state index is 10.8. The third kappa shape index (κ3) is 2.84. The minimum absolute atomic E-state index is 0.216. The smallest absolute Gasteiger partial charge is 0.339 e. The summed E-state index contributed by atoms with van der Waals surface area (Å²) in [5, 5.41) is 18.0. The molecule has 0 heterocycles. The number of carboxylic acids is 1. The fourth-order valence-corrected chi connectivity index (χ4v) is 1.06. The van der Waals surface area contributed by atoms with Gasteiger partial charge in [0.05, 0.1) is 7.11 Å². The summed E-state index contributed by atoms with van der Waals surface area (Å²) in [5.41, 5.74) is 0.271. The quantitative estimate of drug-likeness (QED) is 0.594. The number of benzene rings is 1. The van der Waals surface area contributed by atoms with Crippen molar-refractivity contribution in [3.63, 3.8) is 0 Å². The summed E-state index contributed by atoms with van der Waals surface area (Å²) in [7, 11) is 1.24. The van der Waals surface area contributed by atoms with Crippen LogP contribution in [0, 0.1) is 0 Å². The molecule has 0 unspecified atom stereocenters. The Kier molecular flexibility index (Phi) is 3.66. The molecule has 1 aromatic carbocycles. The van der Waals surface area contributed by atoms with Gasteiger partial charge in [0.25, 0.3) is 0 Å². The second-order valence-electron chi connectivity index (χ2n) is 2.94. The normalized spacial score (nSPS) is 10.3. The van der Waals surface area contributed by atoms with Crippen molar-refractivity contribution in [1.29, 1.82) is 0 Å². The molecule has 0 saturated heterocycles. The van der Waals surface area contributed by atoms with Crippen LogP contribution >= 0.6 is 0 Å². The van der Waals surface area contributed by atoms with Gasteiger partial charge in [-0.25, -0.2) is 9.59 Å². The summed E-state index contributed by atoms with van der Waals surface area (Å²) >= 11 is 0. The van der Waals surface area contributed by atoms with E-state index in [1.807, 2.05) is 0 Å². The first-order valence-corrected chi connectivity index (χ1v) is 4.37. The van der Waals surface area contributed by atoms with Crippen molar-refractivity contribution in [2.45, 2.75) is 0 Å². The van der Waals surface area contributed by atoms with E-state index in [0.29, 0.717) is 5.56 Å². The standard InChI is InChI=1S/C11H10O5/c1-16-10(13)5-3-7-2-4-9(12)8(6-7)11(14)15/h2-6,12H,1H3,(H,14,15)/b5-3+. The van der Waals surface area contributed by atoms with Gasteiger partial charge in [0, 0.05) is 6.08 Å². The Labute approximate surface area is 91.6 Å². The predicted octanol–water partition coefficient (Wildman–Crippen LogP) is 1.28. The molecule has 1 aromatic rings. The molecule has 1 rings (SSSR count). The Hall–Kier alpha value is -2.30. The fraction of sp³-hybridized carbons (Fsp3) is 0.0909. The van der Waals surface area contributed by atoms with Gasteiger partial charge in [-0.15, -0.1) is 0 Å². The number of phenols is 1. The van der Waals surface area contributed by atoms with E-state index < -0.39 is 11.9 Å². The van der Waals surface area contributed by atoms with E-state index in [0.717, 1.165) is 6.08 Å². The molecule has 0 aliphatic rings. The van der Waals surface area contributed by atoms with Gasteiger partial charge in [0.15, 0.2) is 0 Å². The highest BCUT2D eigenvalue weighted by atomic mass is 16.5. The SMILES string of the molecule is COC(=O)/C=C/c1ccc(O)c(C(=O)O)c1. The lowest BCUT2D eigenvalue weighted by molar-refractivity contribution is -0.134. The van der Waals surface area contributed by atoms with Gasteiger partial charge in [0.1, 0.15) is 11.3 Å². The van der Waals surface area contributed by atoms with E-state index in [9.17, 15) is 14.7 Å². The number of methoxy groups -OCH3 is 1. The molecule has 2 N–H and O–H groups in total. The second-order valence-corrected chi connectivity index (χ2v) is 2.94. The van der Waals surface area contributed by atoms with Crippen LogP contribution in [0.2, 0.25) is 0 Å². The van der Waals surface area contributed by atoms with Crippen molar-refractivity contribution in [2.75, 3.05) is 7.11 Å². The molecule has 0 bridgehead atoms. The summed E-state index contributed by atoms with van der Waals surface area (Å²) in [4.78, 5) is 21.5. The molecule has 0 saturated carbocycles. The number of carbonyl (C=O) groups is 2. The molecule has 0 aromatic heterocycles. The van der Waals surface area contributed by atoms with E-state index >= 15 is 0 Å². The van der Waals surface area contributed by atoms with Crippen molar-refractivity contribution in [1.82, 2.24) is 0 Å². The molecular formula is C11H10O5. The van der Waals surface area contributed by atoms with Crippen LogP contribution in [0.1, 0.15) is 15.9 Å². The Morgan fingerprint density at radius 1 is 1.38 bits per heavy atom. The van der Waals surface area contributed by atoms with Crippen molar-refractivity contribution < 1.29 is 24.5 Å². The Morgan fingerprint density at radius 2 is 2.06 bits per heavy atom. The van der Waals surface area contributed by atoms with E-state index in [4.69, 9.17) is 5.11 Å². The zero-order valence-electron chi connectivity index (χ0n) is 8.51. The van der Waals surface area contributed by atoms with Crippen LogP contribution in [0.4, 0.5) is 0 Å². The molecule has 0 aliphatic carbocycles. The van der Waals surface area contributed by atoms with Crippen LogP contribution in [-0.4, -0.2) is 29.3 Å². The maximum atomic E-state index is 10.8. The third-order valence-electron chi connectivity index (χ3n) is 1.86. The fourth-order valence-electron chi connectivity index (χ4n) is 1.06. The van der Waals surface area contributed by atoms with Crippen LogP contribution < -0.4 is 0 Å². The molecule has 0 radical (unpaired) electrons. The topological polar surface area (TPSA) is 83.8 Å². The summed E-state index contributed by atoms with van der Waals surface area (Å²) < 4.78 is 4.38. The summed E-state index contributed by atoms with van der Waals surface area (Å²) in [6.45, 7) is 0. The van der Waals surface area contributed by atoms with Crippen LogP contribution in [-0.2, 0) is 9.53 Å². The van der Waals surface area contributed by atoms with Gasteiger partial charge in [-0.05, 0) is 23.8 Å². The number of rotatable bonds is 3. The van der Waals surface area contributed by atoms with Crippen molar-refractivity contribution in [2.24, 2.45) is 0 Å². The van der Waals surface area contributed by atoms with Crippen molar-refractivity contribution in [3.8, 4) is 5.75 Å². The summed E-state index contributed by atoms with van der Waals surface area (Å²) in [6.07, 6.45) is 2.57. The van der Waals surface area contributed by atoms with Gasteiger partial charge >= 0.3 is 11.9 Å². The van der Waals surface area contributed by atoms with Crippen LogP contribution in [0.25, 0.3) is 6.08 Å². The maximum Gasteiger partial charge on any atom is 0.339 e. The third-order valence-corrected chi connectivity index (χ3v) is 1.86. The van der Waals surface area contributed by atoms with Crippen LogP contribution in [0.5, 0.6) is 5.75 Å². The van der Waals surface area contributed by atoms with E-state index in [1.165, 1.54) is 31.4 Å². The molecule has 0 spiro atoms. The molecule has 16 heavy (non-hydrogen) atoms. The average molecular weight is 222 g/mol. The number of carbonyl (C=O) groups excluding carboxylic acids is 1. The van der Waals surface area contributed by atoms with Crippen LogP contribution in [0.3, 0.4) is 0 Å². The molecule has 0 aliphatic heterocycles. The Balaban J connectivity index is 2.99. The molecule has 0 fully saturated rings. The lowest BCUT2D eigenvalue weighted by atomic mass is 10.1. The van der Waals surface area contributed by atoms with Gasteiger partial charge in [0.2, 0.25) is 0 Å². The number of esters is 1. The number of ether oxygens (including phenoxy) is 1. The van der Waals surface area contributed by atoms with E-state index in [2.05, 4.69) is 4.74 Å². The Morgan fingerprint density at radius 3 is 2.62 bits per heavy atom. The highest BCUT2D eigenvalue weighted by Gasteiger charge is 2.08. The molecular weight excluding hydrogens is 212 g/mol. The number of hydrogen-bond acceptors (Lipinski definition) is 4. The minimum atomic E-state index is -1.23. The van der Waals surface area contributed by atoms with Gasteiger partial charge in [-0.1, -0.05) is 6.07 Å². The highest BCUT2D eigenvalue weighted by molar-refractivity contribution is 5.92. The van der Waals surface area contributed by atoms with Crippen LogP contribution in [0.15, 0.2) is 24.3 Å². The van der Waals surface area contributed by atoms with Crippen molar-refractivity contribution >= 4 is 18.0 Å². The molecule has 0 atom stereocenters. The van der Waals surface area contributed by atoms with Gasteiger partial charge in [-0.3, -0.25) is 0 Å². The van der Waals surface area contributed by atoms with E-state index in [-0.39, 0.29) is 11.3 Å². The Bertz CT molecular complexity index is 448. The number of aromatic carboxylic acids is 1. The molecule has 0 amide bonds. The minimum Gasteiger partial charge on any atom is -0.507 e. The van der Waals surface area contributed by atoms with Gasteiger partial charge in [-0.2, -0.15) is 0 Å². The monoisotopic (exact) mass is 222 g/mol. The first-order chi connectivity index (χ1) is 7.54. The second kappa shape index (κ2) is 4.97. The van der Waals surface area contributed by atoms with Gasteiger partial charge < -0.3 is 14.9 Å². The lowest BCUT2D eigenvalue weighted by Crippen LogP contribution is -1.97. The molecule has 5 nitrogen and oxygen atoms in total. The first kappa shape index (κ1) is 11.8. The average Bonchev–Trinajstić information content (AvgIpc) is 2.27. The number of carboxylic acid groups (broad SMARTS) is 1. The first-order valence-electron chi connectivity index (χ1n) is 4.37.